The molecule has 1 aliphatic rings. The lowest BCUT2D eigenvalue weighted by molar-refractivity contribution is -0.183. The van der Waals surface area contributed by atoms with Gasteiger partial charge in [0.05, 0.1) is 5.92 Å². The largest absolute Gasteiger partial charge is 0.391 e. The molecule has 6 heteroatoms. The van der Waals surface area contributed by atoms with Crippen molar-refractivity contribution in [1.29, 1.82) is 0 Å². The molecule has 0 saturated carbocycles. The minimum absolute atomic E-state index is 0.0136. The molecule has 1 N–H and O–H groups in total. The van der Waals surface area contributed by atoms with Crippen LogP contribution in [-0.4, -0.2) is 18.8 Å². The van der Waals surface area contributed by atoms with E-state index in [9.17, 15) is 22.0 Å². The van der Waals surface area contributed by atoms with Crippen LogP contribution in [0, 0.1) is 17.6 Å². The van der Waals surface area contributed by atoms with Crippen LogP contribution in [0.1, 0.15) is 18.4 Å². The second-order valence-electron chi connectivity index (χ2n) is 4.82. The lowest BCUT2D eigenvalue weighted by Crippen LogP contribution is -2.44. The first-order chi connectivity index (χ1) is 8.88. The normalized spacial score (nSPS) is 24.5. The molecule has 1 aromatic rings. The van der Waals surface area contributed by atoms with Crippen LogP contribution in [-0.2, 0) is 6.42 Å². The Bertz CT molecular complexity index is 423. The Hall–Kier alpha value is -1.17. The topological polar surface area (TPSA) is 12.0 Å². The van der Waals surface area contributed by atoms with E-state index in [1.54, 1.807) is 0 Å². The summed E-state index contributed by atoms with van der Waals surface area (Å²) in [6, 6.07) is 2.91. The van der Waals surface area contributed by atoms with E-state index in [4.69, 9.17) is 0 Å². The van der Waals surface area contributed by atoms with Gasteiger partial charge in [-0.1, -0.05) is 6.07 Å². The monoisotopic (exact) mass is 279 g/mol. The molecule has 2 rings (SSSR count). The molecule has 0 aromatic heterocycles. The second-order valence-corrected chi connectivity index (χ2v) is 4.82. The Kier molecular flexibility index (Phi) is 4.08. The van der Waals surface area contributed by atoms with Crippen LogP contribution >= 0.6 is 0 Å². The van der Waals surface area contributed by atoms with Gasteiger partial charge in [0, 0.05) is 11.6 Å². The molecule has 0 amide bonds. The van der Waals surface area contributed by atoms with Crippen LogP contribution in [0.4, 0.5) is 22.0 Å². The SMILES string of the molecule is Fc1cccc(F)c1CC1CC(C(F)(F)F)CCN1. The number of alkyl halides is 3. The lowest BCUT2D eigenvalue weighted by atomic mass is 9.88. The van der Waals surface area contributed by atoms with E-state index in [0.717, 1.165) is 12.1 Å². The van der Waals surface area contributed by atoms with Gasteiger partial charge in [-0.05, 0) is 37.9 Å². The number of rotatable bonds is 2. The quantitative estimate of drug-likeness (QED) is 0.818. The summed E-state index contributed by atoms with van der Waals surface area (Å²) in [7, 11) is 0. The molecule has 1 fully saturated rings. The van der Waals surface area contributed by atoms with Gasteiger partial charge in [-0.2, -0.15) is 13.2 Å². The highest BCUT2D eigenvalue weighted by Gasteiger charge is 2.42. The van der Waals surface area contributed by atoms with Gasteiger partial charge in [0.1, 0.15) is 11.6 Å². The Morgan fingerprint density at radius 3 is 2.37 bits per heavy atom. The molecule has 1 nitrogen and oxygen atoms in total. The van der Waals surface area contributed by atoms with Gasteiger partial charge in [-0.15, -0.1) is 0 Å². The van der Waals surface area contributed by atoms with Gasteiger partial charge >= 0.3 is 6.18 Å². The predicted molar refractivity (Wildman–Crippen MR) is 60.6 cm³/mol. The van der Waals surface area contributed by atoms with Crippen LogP contribution in [0.15, 0.2) is 18.2 Å². The number of benzene rings is 1. The average Bonchev–Trinajstić information content (AvgIpc) is 2.33. The summed E-state index contributed by atoms with van der Waals surface area (Å²) >= 11 is 0. The molecule has 0 bridgehead atoms. The number of hydrogen-bond donors (Lipinski definition) is 1. The predicted octanol–water partition coefficient (Wildman–Crippen LogP) is 3.44. The Morgan fingerprint density at radius 1 is 1.16 bits per heavy atom. The molecule has 19 heavy (non-hydrogen) atoms. The highest BCUT2D eigenvalue weighted by molar-refractivity contribution is 5.21. The van der Waals surface area contributed by atoms with Crippen molar-refractivity contribution in [1.82, 2.24) is 5.32 Å². The molecule has 2 unspecified atom stereocenters. The molecule has 106 valence electrons. The van der Waals surface area contributed by atoms with Gasteiger partial charge in [-0.3, -0.25) is 0 Å². The molecule has 1 heterocycles. The van der Waals surface area contributed by atoms with E-state index < -0.39 is 29.8 Å². The van der Waals surface area contributed by atoms with Crippen molar-refractivity contribution in [2.75, 3.05) is 6.54 Å². The maximum absolute atomic E-state index is 13.4. The number of piperidine rings is 1. The fraction of sp³-hybridized carbons (Fsp3) is 0.538. The van der Waals surface area contributed by atoms with E-state index >= 15 is 0 Å². The first-order valence-corrected chi connectivity index (χ1v) is 6.11. The van der Waals surface area contributed by atoms with E-state index in [0.29, 0.717) is 0 Å². The van der Waals surface area contributed by atoms with Gasteiger partial charge in [0.2, 0.25) is 0 Å². The number of hydrogen-bond acceptors (Lipinski definition) is 1. The number of nitrogens with one attached hydrogen (secondary N) is 1. The van der Waals surface area contributed by atoms with Crippen LogP contribution < -0.4 is 5.32 Å². The van der Waals surface area contributed by atoms with Gasteiger partial charge in [-0.25, -0.2) is 8.78 Å². The van der Waals surface area contributed by atoms with Crippen LogP contribution in [0.5, 0.6) is 0 Å². The van der Waals surface area contributed by atoms with Gasteiger partial charge < -0.3 is 5.32 Å². The fourth-order valence-corrected chi connectivity index (χ4v) is 2.43. The minimum atomic E-state index is -4.24. The minimum Gasteiger partial charge on any atom is -0.314 e. The molecule has 2 atom stereocenters. The summed E-state index contributed by atoms with van der Waals surface area (Å²) in [6.45, 7) is 0.213. The summed E-state index contributed by atoms with van der Waals surface area (Å²) in [4.78, 5) is 0. The summed E-state index contributed by atoms with van der Waals surface area (Å²) in [5.41, 5.74) is -0.150. The molecule has 1 aliphatic heterocycles. The van der Waals surface area contributed by atoms with Crippen molar-refractivity contribution >= 4 is 0 Å². The van der Waals surface area contributed by atoms with Gasteiger partial charge in [0.15, 0.2) is 0 Å². The zero-order chi connectivity index (χ0) is 14.0. The maximum atomic E-state index is 13.4. The van der Waals surface area contributed by atoms with E-state index in [-0.39, 0.29) is 31.4 Å². The summed E-state index contributed by atoms with van der Waals surface area (Å²) in [5.74, 6) is -2.82. The molecule has 0 spiro atoms. The summed E-state index contributed by atoms with van der Waals surface area (Å²) in [5, 5.41) is 2.89. The number of halogens is 5. The smallest absolute Gasteiger partial charge is 0.314 e. The molecular weight excluding hydrogens is 265 g/mol. The third-order valence-electron chi connectivity index (χ3n) is 3.47. The van der Waals surface area contributed by atoms with Crippen molar-refractivity contribution in [2.24, 2.45) is 5.92 Å². The van der Waals surface area contributed by atoms with Crippen molar-refractivity contribution in [3.8, 4) is 0 Å². The lowest BCUT2D eigenvalue weighted by Gasteiger charge is -2.31. The molecule has 0 radical (unpaired) electrons. The third-order valence-corrected chi connectivity index (χ3v) is 3.47. The maximum Gasteiger partial charge on any atom is 0.391 e. The van der Waals surface area contributed by atoms with Crippen LogP contribution in [0.3, 0.4) is 0 Å². The second kappa shape index (κ2) is 5.45. The fourth-order valence-electron chi connectivity index (χ4n) is 2.43. The average molecular weight is 279 g/mol. The third kappa shape index (κ3) is 3.43. The zero-order valence-corrected chi connectivity index (χ0v) is 10.1. The Balaban J connectivity index is 2.07. The first-order valence-electron chi connectivity index (χ1n) is 6.11. The summed E-state index contributed by atoms with van der Waals surface area (Å²) < 4.78 is 64.8. The van der Waals surface area contributed by atoms with Crippen LogP contribution in [0.25, 0.3) is 0 Å². The van der Waals surface area contributed by atoms with E-state index in [1.807, 2.05) is 0 Å². The van der Waals surface area contributed by atoms with Crippen molar-refractivity contribution in [3.63, 3.8) is 0 Å². The Labute approximate surface area is 107 Å². The van der Waals surface area contributed by atoms with Crippen molar-refractivity contribution < 1.29 is 22.0 Å². The standard InChI is InChI=1S/C13H14F5N/c14-11-2-1-3-12(15)10(11)7-9-6-8(4-5-19-9)13(16,17)18/h1-3,8-9,19H,4-7H2. The highest BCUT2D eigenvalue weighted by Crippen LogP contribution is 2.34. The Morgan fingerprint density at radius 2 is 1.79 bits per heavy atom. The van der Waals surface area contributed by atoms with Crippen molar-refractivity contribution in [2.45, 2.75) is 31.5 Å². The summed E-state index contributed by atoms with van der Waals surface area (Å²) in [6.07, 6.45) is -4.43. The molecule has 1 aromatic carbocycles. The molecular formula is C13H14F5N. The highest BCUT2D eigenvalue weighted by atomic mass is 19.4. The zero-order valence-electron chi connectivity index (χ0n) is 10.1. The van der Waals surface area contributed by atoms with Crippen LogP contribution in [0.2, 0.25) is 0 Å². The first kappa shape index (κ1) is 14.2. The van der Waals surface area contributed by atoms with Gasteiger partial charge in [0.25, 0.3) is 0 Å². The van der Waals surface area contributed by atoms with E-state index in [1.165, 1.54) is 6.07 Å². The van der Waals surface area contributed by atoms with Crippen molar-refractivity contribution in [3.05, 3.63) is 35.4 Å². The van der Waals surface area contributed by atoms with E-state index in [2.05, 4.69) is 5.32 Å². The molecule has 0 aliphatic carbocycles. The molecule has 1 saturated heterocycles.